The summed E-state index contributed by atoms with van der Waals surface area (Å²) in [4.78, 5) is 14.0. The fourth-order valence-electron chi connectivity index (χ4n) is 2.16. The zero-order chi connectivity index (χ0) is 11.5. The highest BCUT2D eigenvalue weighted by Gasteiger charge is 2.21. The van der Waals surface area contributed by atoms with Gasteiger partial charge < -0.3 is 10.0 Å². The van der Waals surface area contributed by atoms with Crippen molar-refractivity contribution in [1.29, 1.82) is 0 Å². The van der Waals surface area contributed by atoms with Gasteiger partial charge in [-0.3, -0.25) is 4.79 Å². The van der Waals surface area contributed by atoms with E-state index in [-0.39, 0.29) is 11.7 Å². The zero-order valence-corrected chi connectivity index (χ0v) is 9.52. The van der Waals surface area contributed by atoms with Crippen molar-refractivity contribution in [3.63, 3.8) is 0 Å². The van der Waals surface area contributed by atoms with E-state index in [2.05, 4.69) is 6.92 Å². The van der Waals surface area contributed by atoms with Gasteiger partial charge in [0.15, 0.2) is 0 Å². The van der Waals surface area contributed by atoms with Gasteiger partial charge in [-0.1, -0.05) is 6.92 Å². The number of carbonyl (C=O) groups is 1. The van der Waals surface area contributed by atoms with E-state index in [4.69, 9.17) is 5.11 Å². The van der Waals surface area contributed by atoms with Gasteiger partial charge in [-0.15, -0.1) is 0 Å². The number of amides is 1. The van der Waals surface area contributed by atoms with E-state index in [1.165, 1.54) is 6.42 Å². The Morgan fingerprint density at radius 2 is 2.06 bits per heavy atom. The maximum Gasteiger partial charge on any atom is 0.253 e. The largest absolute Gasteiger partial charge is 0.508 e. The first-order chi connectivity index (χ1) is 7.66. The van der Waals surface area contributed by atoms with Gasteiger partial charge in [0.25, 0.3) is 5.91 Å². The molecule has 0 spiro atoms. The third kappa shape index (κ3) is 2.35. The lowest BCUT2D eigenvalue weighted by molar-refractivity contribution is 0.0683. The average molecular weight is 219 g/mol. The van der Waals surface area contributed by atoms with Gasteiger partial charge in [0.2, 0.25) is 0 Å². The molecule has 1 amide bonds. The van der Waals surface area contributed by atoms with E-state index in [0.29, 0.717) is 11.5 Å². The SMILES string of the molecule is CC1CCCN(C(=O)c2ccc(O)cc2)C1. The maximum atomic E-state index is 12.1. The lowest BCUT2D eigenvalue weighted by Gasteiger charge is -2.31. The van der Waals surface area contributed by atoms with Gasteiger partial charge in [-0.05, 0) is 43.0 Å². The van der Waals surface area contributed by atoms with Crippen LogP contribution in [0.4, 0.5) is 0 Å². The van der Waals surface area contributed by atoms with Crippen LogP contribution in [0.15, 0.2) is 24.3 Å². The van der Waals surface area contributed by atoms with Crippen molar-refractivity contribution in [3.8, 4) is 5.75 Å². The summed E-state index contributed by atoms with van der Waals surface area (Å²) in [6, 6.07) is 6.47. The van der Waals surface area contributed by atoms with Crippen molar-refractivity contribution in [2.75, 3.05) is 13.1 Å². The summed E-state index contributed by atoms with van der Waals surface area (Å²) >= 11 is 0. The number of carbonyl (C=O) groups excluding carboxylic acids is 1. The summed E-state index contributed by atoms with van der Waals surface area (Å²) in [6.07, 6.45) is 2.30. The first-order valence-electron chi connectivity index (χ1n) is 5.75. The van der Waals surface area contributed by atoms with Crippen LogP contribution in [-0.4, -0.2) is 29.0 Å². The van der Waals surface area contributed by atoms with E-state index < -0.39 is 0 Å². The molecule has 0 aliphatic carbocycles. The molecule has 16 heavy (non-hydrogen) atoms. The topological polar surface area (TPSA) is 40.5 Å². The molecule has 86 valence electrons. The lowest BCUT2D eigenvalue weighted by Crippen LogP contribution is -2.39. The monoisotopic (exact) mass is 219 g/mol. The second-order valence-corrected chi connectivity index (χ2v) is 4.55. The number of hydrogen-bond donors (Lipinski definition) is 1. The molecule has 1 heterocycles. The number of nitrogens with zero attached hydrogens (tertiary/aromatic N) is 1. The molecule has 1 unspecified atom stereocenters. The molecular weight excluding hydrogens is 202 g/mol. The number of phenolic OH excluding ortho intramolecular Hbond substituents is 1. The van der Waals surface area contributed by atoms with Gasteiger partial charge in [-0.25, -0.2) is 0 Å². The van der Waals surface area contributed by atoms with Crippen LogP contribution < -0.4 is 0 Å². The smallest absolute Gasteiger partial charge is 0.253 e. The van der Waals surface area contributed by atoms with Crippen molar-refractivity contribution < 1.29 is 9.90 Å². The molecule has 3 heteroatoms. The maximum absolute atomic E-state index is 12.1. The first-order valence-corrected chi connectivity index (χ1v) is 5.75. The van der Waals surface area contributed by atoms with Crippen molar-refractivity contribution in [3.05, 3.63) is 29.8 Å². The van der Waals surface area contributed by atoms with Crippen LogP contribution in [0.3, 0.4) is 0 Å². The van der Waals surface area contributed by atoms with E-state index in [0.717, 1.165) is 19.5 Å². The van der Waals surface area contributed by atoms with Crippen LogP contribution in [-0.2, 0) is 0 Å². The highest BCUT2D eigenvalue weighted by atomic mass is 16.3. The predicted molar refractivity (Wildman–Crippen MR) is 62.4 cm³/mol. The normalized spacial score (nSPS) is 20.8. The van der Waals surface area contributed by atoms with E-state index in [1.807, 2.05) is 4.90 Å². The molecule has 0 radical (unpaired) electrons. The highest BCUT2D eigenvalue weighted by molar-refractivity contribution is 5.94. The molecule has 1 aliphatic rings. The molecule has 1 fully saturated rings. The number of phenols is 1. The van der Waals surface area contributed by atoms with Gasteiger partial charge in [-0.2, -0.15) is 0 Å². The molecule has 1 atom stereocenters. The number of piperidine rings is 1. The van der Waals surface area contributed by atoms with Crippen molar-refractivity contribution in [1.82, 2.24) is 4.90 Å². The lowest BCUT2D eigenvalue weighted by atomic mass is 9.99. The number of rotatable bonds is 1. The van der Waals surface area contributed by atoms with Crippen LogP contribution in [0.5, 0.6) is 5.75 Å². The van der Waals surface area contributed by atoms with Crippen molar-refractivity contribution in [2.45, 2.75) is 19.8 Å². The molecule has 2 rings (SSSR count). The van der Waals surface area contributed by atoms with Gasteiger partial charge in [0.1, 0.15) is 5.75 Å². The van der Waals surface area contributed by atoms with Gasteiger partial charge in [0.05, 0.1) is 0 Å². The number of benzene rings is 1. The summed E-state index contributed by atoms with van der Waals surface area (Å²) < 4.78 is 0. The standard InChI is InChI=1S/C13H17NO2/c1-10-3-2-8-14(9-10)13(16)11-4-6-12(15)7-5-11/h4-7,10,15H,2-3,8-9H2,1H3. The van der Waals surface area contributed by atoms with E-state index >= 15 is 0 Å². The van der Waals surface area contributed by atoms with Gasteiger partial charge >= 0.3 is 0 Å². The molecule has 1 N–H and O–H groups in total. The molecule has 0 aromatic heterocycles. The van der Waals surface area contributed by atoms with E-state index in [1.54, 1.807) is 24.3 Å². The predicted octanol–water partition coefficient (Wildman–Crippen LogP) is 2.26. The quantitative estimate of drug-likeness (QED) is 0.787. The Balaban J connectivity index is 2.09. The molecule has 1 saturated heterocycles. The summed E-state index contributed by atoms with van der Waals surface area (Å²) in [6.45, 7) is 3.88. The fourth-order valence-corrected chi connectivity index (χ4v) is 2.16. The Hall–Kier alpha value is -1.51. The minimum absolute atomic E-state index is 0.0755. The molecule has 1 aromatic rings. The van der Waals surface area contributed by atoms with Crippen LogP contribution >= 0.6 is 0 Å². The Kier molecular flexibility index (Phi) is 3.13. The second-order valence-electron chi connectivity index (χ2n) is 4.55. The number of likely N-dealkylation sites (tertiary alicyclic amines) is 1. The molecular formula is C13H17NO2. The Morgan fingerprint density at radius 1 is 1.38 bits per heavy atom. The first kappa shape index (κ1) is 11.0. The van der Waals surface area contributed by atoms with Crippen LogP contribution in [0.1, 0.15) is 30.1 Å². The minimum atomic E-state index is 0.0755. The van der Waals surface area contributed by atoms with Crippen LogP contribution in [0, 0.1) is 5.92 Å². The van der Waals surface area contributed by atoms with Crippen LogP contribution in [0.2, 0.25) is 0 Å². The summed E-state index contributed by atoms with van der Waals surface area (Å²) in [7, 11) is 0. The Labute approximate surface area is 95.7 Å². The zero-order valence-electron chi connectivity index (χ0n) is 9.52. The van der Waals surface area contributed by atoms with Crippen molar-refractivity contribution >= 4 is 5.91 Å². The van der Waals surface area contributed by atoms with Crippen LogP contribution in [0.25, 0.3) is 0 Å². The molecule has 0 bridgehead atoms. The molecule has 0 saturated carbocycles. The molecule has 1 aromatic carbocycles. The average Bonchev–Trinajstić information content (AvgIpc) is 2.29. The highest BCUT2D eigenvalue weighted by Crippen LogP contribution is 2.18. The summed E-state index contributed by atoms with van der Waals surface area (Å²) in [5.74, 6) is 0.866. The van der Waals surface area contributed by atoms with E-state index in [9.17, 15) is 4.79 Å². The number of hydrogen-bond acceptors (Lipinski definition) is 2. The summed E-state index contributed by atoms with van der Waals surface area (Å²) in [5, 5.41) is 9.17. The number of aromatic hydroxyl groups is 1. The summed E-state index contributed by atoms with van der Waals surface area (Å²) in [5.41, 5.74) is 0.659. The molecule has 3 nitrogen and oxygen atoms in total. The third-order valence-corrected chi connectivity index (χ3v) is 3.06. The third-order valence-electron chi connectivity index (χ3n) is 3.06. The Bertz CT molecular complexity index is 372. The minimum Gasteiger partial charge on any atom is -0.508 e. The van der Waals surface area contributed by atoms with Crippen molar-refractivity contribution in [2.24, 2.45) is 5.92 Å². The second kappa shape index (κ2) is 4.56. The van der Waals surface area contributed by atoms with Gasteiger partial charge in [0, 0.05) is 18.7 Å². The fraction of sp³-hybridized carbons (Fsp3) is 0.462. The molecule has 1 aliphatic heterocycles. The Morgan fingerprint density at radius 3 is 2.69 bits per heavy atom.